The molecule has 22 heavy (non-hydrogen) atoms. The number of anilines is 1. The van der Waals surface area contributed by atoms with Crippen molar-refractivity contribution in [1.29, 1.82) is 0 Å². The van der Waals surface area contributed by atoms with Crippen LogP contribution in [-0.2, 0) is 6.42 Å². The summed E-state index contributed by atoms with van der Waals surface area (Å²) in [6.07, 6.45) is 0.762. The summed E-state index contributed by atoms with van der Waals surface area (Å²) in [7, 11) is 0. The van der Waals surface area contributed by atoms with Crippen molar-refractivity contribution < 1.29 is 9.21 Å². The number of thiophene rings is 1. The monoisotopic (exact) mass is 314 g/mol. The van der Waals surface area contributed by atoms with Gasteiger partial charge in [-0.2, -0.15) is 11.3 Å². The number of hydrogen-bond donors (Lipinski definition) is 2. The maximum atomic E-state index is 11.8. The minimum Gasteiger partial charge on any atom is -0.403 e. The second-order valence-electron chi connectivity index (χ2n) is 4.54. The fourth-order valence-corrected chi connectivity index (χ4v) is 2.51. The lowest BCUT2D eigenvalue weighted by atomic mass is 10.1. The van der Waals surface area contributed by atoms with Gasteiger partial charge < -0.3 is 9.73 Å². The van der Waals surface area contributed by atoms with E-state index in [9.17, 15) is 4.79 Å². The zero-order valence-electron chi connectivity index (χ0n) is 11.7. The first-order chi connectivity index (χ1) is 10.8. The van der Waals surface area contributed by atoms with Crippen LogP contribution >= 0.6 is 11.3 Å². The Morgan fingerprint density at radius 2 is 2.05 bits per heavy atom. The van der Waals surface area contributed by atoms with Gasteiger partial charge in [-0.1, -0.05) is 35.4 Å². The van der Waals surface area contributed by atoms with E-state index in [-0.39, 0.29) is 12.0 Å². The minimum absolute atomic E-state index is 0.0819. The van der Waals surface area contributed by atoms with Gasteiger partial charge in [0.2, 0.25) is 0 Å². The molecular weight excluding hydrogens is 300 g/mol. The molecule has 0 bridgehead atoms. The van der Waals surface area contributed by atoms with Gasteiger partial charge in [0.25, 0.3) is 5.89 Å². The highest BCUT2D eigenvalue weighted by Gasteiger charge is 2.11. The van der Waals surface area contributed by atoms with Crippen molar-refractivity contribution in [1.82, 2.24) is 15.5 Å². The molecule has 1 aromatic carbocycles. The summed E-state index contributed by atoms with van der Waals surface area (Å²) in [6.45, 7) is 0.529. The Morgan fingerprint density at radius 3 is 2.82 bits per heavy atom. The van der Waals surface area contributed by atoms with E-state index < -0.39 is 0 Å². The van der Waals surface area contributed by atoms with Crippen LogP contribution in [0.5, 0.6) is 0 Å². The van der Waals surface area contributed by atoms with E-state index in [1.807, 2.05) is 47.2 Å². The van der Waals surface area contributed by atoms with Crippen LogP contribution in [0, 0.1) is 0 Å². The van der Waals surface area contributed by atoms with Crippen LogP contribution in [0.15, 0.2) is 51.6 Å². The molecular formula is C15H14N4O2S. The molecule has 0 fully saturated rings. The van der Waals surface area contributed by atoms with Crippen molar-refractivity contribution in [2.24, 2.45) is 0 Å². The van der Waals surface area contributed by atoms with Gasteiger partial charge in [-0.15, -0.1) is 5.10 Å². The van der Waals surface area contributed by atoms with Gasteiger partial charge in [0.15, 0.2) is 0 Å². The van der Waals surface area contributed by atoms with Crippen molar-refractivity contribution in [3.63, 3.8) is 0 Å². The Bertz CT molecular complexity index is 725. The van der Waals surface area contributed by atoms with Gasteiger partial charge in [-0.25, -0.2) is 4.79 Å². The van der Waals surface area contributed by atoms with E-state index in [2.05, 4.69) is 20.8 Å². The summed E-state index contributed by atoms with van der Waals surface area (Å²) in [4.78, 5) is 11.8. The molecule has 3 rings (SSSR count). The molecule has 0 aliphatic carbocycles. The van der Waals surface area contributed by atoms with Crippen LogP contribution in [0.1, 0.15) is 5.56 Å². The van der Waals surface area contributed by atoms with Gasteiger partial charge >= 0.3 is 12.0 Å². The number of urea groups is 1. The average molecular weight is 314 g/mol. The Balaban J connectivity index is 1.48. The number of nitrogens with one attached hydrogen (secondary N) is 2. The van der Waals surface area contributed by atoms with Crippen LogP contribution in [0.3, 0.4) is 0 Å². The molecule has 2 heterocycles. The zero-order valence-corrected chi connectivity index (χ0v) is 12.5. The van der Waals surface area contributed by atoms with Crippen LogP contribution in [0.4, 0.5) is 10.8 Å². The number of rotatable bonds is 5. The molecule has 3 aromatic rings. The molecule has 0 spiro atoms. The summed E-state index contributed by atoms with van der Waals surface area (Å²) in [6, 6.07) is 11.5. The number of carbonyl (C=O) groups is 1. The van der Waals surface area contributed by atoms with E-state index in [4.69, 9.17) is 4.42 Å². The standard InChI is InChI=1S/C15H14N4O2S/c20-14(16-8-6-11-4-2-1-3-5-11)17-15-19-18-13(21-15)12-7-9-22-10-12/h1-5,7,9-10H,6,8H2,(H2,16,17,19,20). The normalized spacial score (nSPS) is 10.4. The third-order valence-electron chi connectivity index (χ3n) is 2.96. The van der Waals surface area contributed by atoms with Crippen molar-refractivity contribution in [3.8, 4) is 11.5 Å². The predicted molar refractivity (Wildman–Crippen MR) is 84.8 cm³/mol. The predicted octanol–water partition coefficient (Wildman–Crippen LogP) is 3.16. The molecule has 0 atom stereocenters. The van der Waals surface area contributed by atoms with Crippen LogP contribution in [0.25, 0.3) is 11.5 Å². The van der Waals surface area contributed by atoms with Gasteiger partial charge in [0.1, 0.15) is 0 Å². The summed E-state index contributed by atoms with van der Waals surface area (Å²) >= 11 is 1.54. The summed E-state index contributed by atoms with van der Waals surface area (Å²) < 4.78 is 5.38. The lowest BCUT2D eigenvalue weighted by Gasteiger charge is -2.04. The first-order valence-electron chi connectivity index (χ1n) is 6.76. The van der Waals surface area contributed by atoms with E-state index >= 15 is 0 Å². The largest absolute Gasteiger partial charge is 0.403 e. The molecule has 2 N–H and O–H groups in total. The molecule has 112 valence electrons. The summed E-state index contributed by atoms with van der Waals surface area (Å²) in [5.74, 6) is 0.390. The molecule has 0 aliphatic rings. The van der Waals surface area contributed by atoms with E-state index in [0.29, 0.717) is 12.4 Å². The van der Waals surface area contributed by atoms with Crippen LogP contribution in [-0.4, -0.2) is 22.8 Å². The Kier molecular flexibility index (Phi) is 4.45. The Labute approximate surface area is 131 Å². The fraction of sp³-hybridized carbons (Fsp3) is 0.133. The molecule has 0 radical (unpaired) electrons. The second-order valence-corrected chi connectivity index (χ2v) is 5.32. The molecule has 7 heteroatoms. The quantitative estimate of drug-likeness (QED) is 0.758. The highest BCUT2D eigenvalue weighted by Crippen LogP contribution is 2.21. The molecule has 0 aliphatic heterocycles. The zero-order chi connectivity index (χ0) is 15.2. The number of hydrogen-bond acceptors (Lipinski definition) is 5. The molecule has 0 unspecified atom stereocenters. The number of aromatic nitrogens is 2. The highest BCUT2D eigenvalue weighted by atomic mass is 32.1. The number of nitrogens with zero attached hydrogens (tertiary/aromatic N) is 2. The number of benzene rings is 1. The first-order valence-corrected chi connectivity index (χ1v) is 7.70. The van der Waals surface area contributed by atoms with Crippen molar-refractivity contribution in [3.05, 3.63) is 52.7 Å². The van der Waals surface area contributed by atoms with Crippen LogP contribution in [0.2, 0.25) is 0 Å². The maximum Gasteiger partial charge on any atom is 0.324 e. The van der Waals surface area contributed by atoms with Gasteiger partial charge in [-0.3, -0.25) is 5.32 Å². The van der Waals surface area contributed by atoms with Crippen molar-refractivity contribution in [2.75, 3.05) is 11.9 Å². The molecule has 2 aromatic heterocycles. The van der Waals surface area contributed by atoms with E-state index in [1.165, 1.54) is 16.9 Å². The minimum atomic E-state index is -0.364. The Morgan fingerprint density at radius 1 is 1.18 bits per heavy atom. The first kappa shape index (κ1) is 14.3. The number of amides is 2. The average Bonchev–Trinajstić information content (AvgIpc) is 3.19. The highest BCUT2D eigenvalue weighted by molar-refractivity contribution is 7.08. The van der Waals surface area contributed by atoms with Gasteiger partial charge in [-0.05, 0) is 23.4 Å². The molecule has 6 nitrogen and oxygen atoms in total. The topological polar surface area (TPSA) is 80.0 Å². The lowest BCUT2D eigenvalue weighted by Crippen LogP contribution is -2.30. The third kappa shape index (κ3) is 3.70. The molecule has 2 amide bonds. The van der Waals surface area contributed by atoms with Gasteiger partial charge in [0.05, 0.1) is 0 Å². The number of carbonyl (C=O) groups excluding carboxylic acids is 1. The third-order valence-corrected chi connectivity index (χ3v) is 3.64. The summed E-state index contributed by atoms with van der Waals surface area (Å²) in [5, 5.41) is 16.8. The van der Waals surface area contributed by atoms with E-state index in [1.54, 1.807) is 0 Å². The SMILES string of the molecule is O=C(NCCc1ccccc1)Nc1nnc(-c2ccsc2)o1. The smallest absolute Gasteiger partial charge is 0.324 e. The molecule has 0 saturated heterocycles. The lowest BCUT2D eigenvalue weighted by molar-refractivity contribution is 0.251. The van der Waals surface area contributed by atoms with Crippen LogP contribution < -0.4 is 10.6 Å². The van der Waals surface area contributed by atoms with Crippen molar-refractivity contribution in [2.45, 2.75) is 6.42 Å². The molecule has 0 saturated carbocycles. The van der Waals surface area contributed by atoms with Gasteiger partial charge in [0, 0.05) is 17.5 Å². The summed E-state index contributed by atoms with van der Waals surface area (Å²) in [5.41, 5.74) is 2.01. The maximum absolute atomic E-state index is 11.8. The fourth-order valence-electron chi connectivity index (χ4n) is 1.88. The second kappa shape index (κ2) is 6.86. The van der Waals surface area contributed by atoms with E-state index in [0.717, 1.165) is 12.0 Å². The Hall–Kier alpha value is -2.67. The van der Waals surface area contributed by atoms with Crippen molar-refractivity contribution >= 4 is 23.4 Å².